The number of benzene rings is 2. The van der Waals surface area contributed by atoms with Gasteiger partial charge in [-0.3, -0.25) is 4.79 Å². The number of aryl methyl sites for hydroxylation is 1. The molecule has 0 saturated heterocycles. The van der Waals surface area contributed by atoms with Gasteiger partial charge in [-0.1, -0.05) is 47.6 Å². The van der Waals surface area contributed by atoms with Crippen LogP contribution in [0.5, 0.6) is 0 Å². The molecule has 156 valence electrons. The first-order chi connectivity index (χ1) is 15.1. The molecule has 1 N–H and O–H groups in total. The summed E-state index contributed by atoms with van der Waals surface area (Å²) in [4.78, 5) is 25.3. The normalized spacial score (nSPS) is 20.0. The van der Waals surface area contributed by atoms with Crippen LogP contribution < -0.4 is 5.32 Å². The minimum absolute atomic E-state index is 0.118. The number of allylic oxidation sites excluding steroid dienone is 2. The molecule has 1 aliphatic heterocycles. The molecule has 6 heteroatoms. The van der Waals surface area contributed by atoms with E-state index in [1.54, 1.807) is 12.1 Å². The Balaban J connectivity index is 1.59. The van der Waals surface area contributed by atoms with E-state index in [2.05, 4.69) is 22.6 Å². The molecule has 1 aromatic heterocycles. The van der Waals surface area contributed by atoms with E-state index < -0.39 is 5.97 Å². The molecule has 1 aliphatic carbocycles. The lowest BCUT2D eigenvalue weighted by Crippen LogP contribution is -2.29. The summed E-state index contributed by atoms with van der Waals surface area (Å²) in [6.45, 7) is 1.88. The summed E-state index contributed by atoms with van der Waals surface area (Å²) >= 11 is 0. The highest BCUT2D eigenvalue weighted by atomic mass is 16.5. The van der Waals surface area contributed by atoms with Gasteiger partial charge in [-0.2, -0.15) is 0 Å². The lowest BCUT2D eigenvalue weighted by Gasteiger charge is -2.34. The van der Waals surface area contributed by atoms with Crippen molar-refractivity contribution in [3.63, 3.8) is 0 Å². The number of nitrogens with zero attached hydrogens (tertiary/aromatic N) is 1. The summed E-state index contributed by atoms with van der Waals surface area (Å²) in [6, 6.07) is 17.3. The van der Waals surface area contributed by atoms with Crippen LogP contribution in [0.1, 0.15) is 57.4 Å². The monoisotopic (exact) mass is 414 g/mol. The van der Waals surface area contributed by atoms with Crippen molar-refractivity contribution in [3.8, 4) is 0 Å². The van der Waals surface area contributed by atoms with Crippen molar-refractivity contribution in [1.82, 2.24) is 5.16 Å². The number of hydrogen-bond acceptors (Lipinski definition) is 6. The van der Waals surface area contributed by atoms with Crippen molar-refractivity contribution in [2.24, 2.45) is 0 Å². The first-order valence-electron chi connectivity index (χ1n) is 10.3. The van der Waals surface area contributed by atoms with Crippen molar-refractivity contribution < 1.29 is 18.8 Å². The lowest BCUT2D eigenvalue weighted by atomic mass is 9.72. The Morgan fingerprint density at radius 3 is 2.52 bits per heavy atom. The van der Waals surface area contributed by atoms with E-state index in [0.717, 1.165) is 40.1 Å². The van der Waals surface area contributed by atoms with E-state index in [4.69, 9.17) is 9.26 Å². The summed E-state index contributed by atoms with van der Waals surface area (Å²) < 4.78 is 10.4. The Hall–Kier alpha value is -3.67. The summed E-state index contributed by atoms with van der Waals surface area (Å²) in [6.07, 6.45) is 1.18. The second-order valence-electron chi connectivity index (χ2n) is 8.01. The number of fused-ring (bicyclic) bond motifs is 1. The van der Waals surface area contributed by atoms with Crippen LogP contribution >= 0.6 is 0 Å². The summed E-state index contributed by atoms with van der Waals surface area (Å²) in [5, 5.41) is 7.49. The van der Waals surface area contributed by atoms with E-state index in [-0.39, 0.29) is 17.6 Å². The molecule has 3 aromatic rings. The molecule has 0 unspecified atom stereocenters. The van der Waals surface area contributed by atoms with Gasteiger partial charge in [0.25, 0.3) is 0 Å². The Labute approximate surface area is 179 Å². The lowest BCUT2D eigenvalue weighted by molar-refractivity contribution is -0.116. The highest BCUT2D eigenvalue weighted by Crippen LogP contribution is 2.48. The van der Waals surface area contributed by atoms with E-state index in [1.807, 2.05) is 37.3 Å². The fourth-order valence-electron chi connectivity index (χ4n) is 4.70. The van der Waals surface area contributed by atoms with Gasteiger partial charge in [0, 0.05) is 23.6 Å². The van der Waals surface area contributed by atoms with Gasteiger partial charge in [0.15, 0.2) is 5.78 Å². The number of carbonyl (C=O) groups is 2. The number of anilines is 1. The van der Waals surface area contributed by atoms with Crippen molar-refractivity contribution in [2.75, 3.05) is 12.4 Å². The van der Waals surface area contributed by atoms with Crippen molar-refractivity contribution in [3.05, 3.63) is 93.8 Å². The molecule has 0 bridgehead atoms. The van der Waals surface area contributed by atoms with Gasteiger partial charge in [-0.15, -0.1) is 0 Å². The molecule has 2 aliphatic rings. The number of methoxy groups -OCH3 is 1. The third-order valence-corrected chi connectivity index (χ3v) is 6.19. The highest BCUT2D eigenvalue weighted by molar-refractivity contribution is 6.01. The third-order valence-electron chi connectivity index (χ3n) is 6.19. The fourth-order valence-corrected chi connectivity index (χ4v) is 4.70. The van der Waals surface area contributed by atoms with Crippen molar-refractivity contribution >= 4 is 17.6 Å². The third kappa shape index (κ3) is 3.24. The molecule has 5 rings (SSSR count). The van der Waals surface area contributed by atoms with Gasteiger partial charge < -0.3 is 14.6 Å². The van der Waals surface area contributed by atoms with Crippen LogP contribution in [-0.4, -0.2) is 24.0 Å². The van der Waals surface area contributed by atoms with Crippen LogP contribution in [0.4, 0.5) is 5.88 Å². The zero-order valence-corrected chi connectivity index (χ0v) is 17.3. The second kappa shape index (κ2) is 7.54. The average molecular weight is 414 g/mol. The second-order valence-corrected chi connectivity index (χ2v) is 8.01. The van der Waals surface area contributed by atoms with E-state index in [0.29, 0.717) is 17.9 Å². The molecule has 0 amide bonds. The fraction of sp³-hybridized carbons (Fsp3) is 0.240. The summed E-state index contributed by atoms with van der Waals surface area (Å²) in [5.74, 6) is 0.148. The van der Waals surface area contributed by atoms with Crippen LogP contribution in [0.2, 0.25) is 0 Å². The zero-order chi connectivity index (χ0) is 21.5. The number of hydrogen-bond donors (Lipinski definition) is 1. The quantitative estimate of drug-likeness (QED) is 0.624. The molecule has 2 atom stereocenters. The van der Waals surface area contributed by atoms with Crippen LogP contribution in [0, 0.1) is 6.92 Å². The summed E-state index contributed by atoms with van der Waals surface area (Å²) in [5.41, 5.74) is 5.80. The standard InChI is InChI=1S/C25H22N2O4/c1-14-21-22(16-8-10-17(11-9-16)25(29)30-2)23-19(26-24(21)31-27-14)12-18(13-20(23)28)15-6-4-3-5-7-15/h3-11,18,22,26H,12-13H2,1-2H3/t18-,22+/m0/s1. The molecule has 6 nitrogen and oxygen atoms in total. The maximum Gasteiger partial charge on any atom is 0.337 e. The number of nitrogens with one attached hydrogen (secondary N) is 1. The van der Waals surface area contributed by atoms with Gasteiger partial charge in [0.2, 0.25) is 5.88 Å². The molecule has 2 heterocycles. The Morgan fingerprint density at radius 2 is 1.81 bits per heavy atom. The number of esters is 1. The molecule has 0 fully saturated rings. The molecule has 0 radical (unpaired) electrons. The number of ether oxygens (including phenoxy) is 1. The first kappa shape index (κ1) is 19.3. The van der Waals surface area contributed by atoms with Gasteiger partial charge in [-0.25, -0.2) is 4.79 Å². The average Bonchev–Trinajstić information content (AvgIpc) is 3.18. The Morgan fingerprint density at radius 1 is 1.06 bits per heavy atom. The van der Waals surface area contributed by atoms with E-state index in [1.165, 1.54) is 7.11 Å². The minimum Gasteiger partial charge on any atom is -0.465 e. The van der Waals surface area contributed by atoms with Gasteiger partial charge in [0.05, 0.1) is 23.9 Å². The number of Topliss-reactive ketones (excluding diaryl/α,β-unsaturated/α-hetero) is 1. The number of carbonyl (C=O) groups excluding carboxylic acids is 2. The van der Waals surface area contributed by atoms with E-state index in [9.17, 15) is 9.59 Å². The minimum atomic E-state index is -0.391. The zero-order valence-electron chi connectivity index (χ0n) is 17.3. The Kier molecular flexibility index (Phi) is 4.70. The Bertz CT molecular complexity index is 1190. The predicted molar refractivity (Wildman–Crippen MR) is 115 cm³/mol. The molecular formula is C25H22N2O4. The predicted octanol–water partition coefficient (Wildman–Crippen LogP) is 4.73. The molecule has 0 spiro atoms. The molecule has 2 aromatic carbocycles. The van der Waals surface area contributed by atoms with Crippen molar-refractivity contribution in [1.29, 1.82) is 0 Å². The van der Waals surface area contributed by atoms with Crippen molar-refractivity contribution in [2.45, 2.75) is 31.6 Å². The maximum absolute atomic E-state index is 13.4. The van der Waals surface area contributed by atoms with Crippen LogP contribution in [0.25, 0.3) is 0 Å². The topological polar surface area (TPSA) is 81.4 Å². The van der Waals surface area contributed by atoms with Gasteiger partial charge >= 0.3 is 5.97 Å². The largest absolute Gasteiger partial charge is 0.465 e. The first-order valence-corrected chi connectivity index (χ1v) is 10.3. The SMILES string of the molecule is COC(=O)c1ccc([C@H]2C3=C(C[C@H](c4ccccc4)CC3=O)Nc3onc(C)c32)cc1. The molecule has 0 saturated carbocycles. The number of rotatable bonds is 3. The smallest absolute Gasteiger partial charge is 0.337 e. The number of aromatic nitrogens is 1. The van der Waals surface area contributed by atoms with Crippen LogP contribution in [0.3, 0.4) is 0 Å². The highest BCUT2D eigenvalue weighted by Gasteiger charge is 2.41. The maximum atomic E-state index is 13.4. The molecule has 31 heavy (non-hydrogen) atoms. The number of ketones is 1. The van der Waals surface area contributed by atoms with E-state index >= 15 is 0 Å². The van der Waals surface area contributed by atoms with Gasteiger partial charge in [0.1, 0.15) is 0 Å². The summed E-state index contributed by atoms with van der Waals surface area (Å²) in [7, 11) is 1.36. The molecular weight excluding hydrogens is 392 g/mol. The van der Waals surface area contributed by atoms with Crippen LogP contribution in [-0.2, 0) is 9.53 Å². The van der Waals surface area contributed by atoms with Crippen LogP contribution in [0.15, 0.2) is 70.4 Å². The van der Waals surface area contributed by atoms with Gasteiger partial charge in [-0.05, 0) is 42.5 Å².